The fourth-order valence-corrected chi connectivity index (χ4v) is 2.04. The summed E-state index contributed by atoms with van der Waals surface area (Å²) in [6.07, 6.45) is 4.28. The topological polar surface area (TPSA) is 61.0 Å². The first-order valence-electron chi connectivity index (χ1n) is 5.07. The molecular weight excluding hydrogens is 333 g/mol. The number of hydrogen-bond acceptors (Lipinski definition) is 3. The normalized spacial score (nSPS) is 10.4. The van der Waals surface area contributed by atoms with Crippen LogP contribution in [0.2, 0.25) is 0 Å². The summed E-state index contributed by atoms with van der Waals surface area (Å²) in [5, 5.41) is 15.0. The van der Waals surface area contributed by atoms with Crippen LogP contribution in [0.5, 0.6) is 0 Å². The minimum absolute atomic E-state index is 0.175. The van der Waals surface area contributed by atoms with E-state index in [9.17, 15) is 10.1 Å². The predicted octanol–water partition coefficient (Wildman–Crippen LogP) is 2.64. The highest BCUT2D eigenvalue weighted by molar-refractivity contribution is 14.1. The zero-order valence-corrected chi connectivity index (χ0v) is 11.1. The Labute approximate surface area is 112 Å². The summed E-state index contributed by atoms with van der Waals surface area (Å²) >= 11 is 2.18. The minimum Gasteiger partial charge on any atom is -0.271 e. The molecule has 0 aliphatic rings. The molecule has 1 aromatic carbocycles. The first-order valence-corrected chi connectivity index (χ1v) is 6.15. The van der Waals surface area contributed by atoms with Crippen LogP contribution < -0.4 is 0 Å². The molecule has 0 aliphatic carbocycles. The maximum atomic E-state index is 10.8. The van der Waals surface area contributed by atoms with Gasteiger partial charge in [0.25, 0.3) is 5.69 Å². The molecule has 88 valence electrons. The van der Waals surface area contributed by atoms with Crippen LogP contribution in [0.3, 0.4) is 0 Å². The lowest BCUT2D eigenvalue weighted by Crippen LogP contribution is -2.03. The number of para-hydroxylation sites is 1. The van der Waals surface area contributed by atoms with E-state index in [1.54, 1.807) is 23.0 Å². The van der Waals surface area contributed by atoms with Crippen molar-refractivity contribution in [2.75, 3.05) is 0 Å². The molecule has 2 rings (SSSR count). The zero-order valence-electron chi connectivity index (χ0n) is 8.91. The van der Waals surface area contributed by atoms with Crippen LogP contribution in [0.25, 0.3) is 0 Å². The largest absolute Gasteiger partial charge is 0.272 e. The molecule has 2 aromatic rings. The minimum atomic E-state index is -0.345. The Kier molecular flexibility index (Phi) is 3.72. The third-order valence-corrected chi connectivity index (χ3v) is 2.96. The highest BCUT2D eigenvalue weighted by Crippen LogP contribution is 2.18. The fourth-order valence-electron chi connectivity index (χ4n) is 1.60. The van der Waals surface area contributed by atoms with E-state index in [2.05, 4.69) is 27.7 Å². The van der Waals surface area contributed by atoms with Crippen LogP contribution in [0, 0.1) is 13.7 Å². The van der Waals surface area contributed by atoms with Crippen molar-refractivity contribution in [3.63, 3.8) is 0 Å². The molecule has 0 saturated carbocycles. The highest BCUT2D eigenvalue weighted by atomic mass is 127. The van der Waals surface area contributed by atoms with Gasteiger partial charge in [-0.05, 0) is 29.0 Å². The second kappa shape index (κ2) is 5.26. The molecule has 17 heavy (non-hydrogen) atoms. The van der Waals surface area contributed by atoms with Crippen LogP contribution in [0.1, 0.15) is 5.56 Å². The molecule has 0 aliphatic heterocycles. The predicted molar refractivity (Wildman–Crippen MR) is 71.7 cm³/mol. The number of aromatic nitrogens is 2. The van der Waals surface area contributed by atoms with Crippen molar-refractivity contribution in [2.45, 2.75) is 13.0 Å². The van der Waals surface area contributed by atoms with Crippen LogP contribution in [0.4, 0.5) is 5.69 Å². The maximum Gasteiger partial charge on any atom is 0.272 e. The van der Waals surface area contributed by atoms with Gasteiger partial charge in [-0.25, -0.2) is 0 Å². The number of benzene rings is 1. The SMILES string of the molecule is O=[N+]([O-])c1ccccc1CCn1cc(I)cn1. The summed E-state index contributed by atoms with van der Waals surface area (Å²) in [5.41, 5.74) is 0.914. The molecule has 0 N–H and O–H groups in total. The first kappa shape index (κ1) is 12.0. The number of halogens is 1. The van der Waals surface area contributed by atoms with Gasteiger partial charge in [0.05, 0.1) is 14.7 Å². The first-order chi connectivity index (χ1) is 8.16. The van der Waals surface area contributed by atoms with Crippen LogP contribution in [-0.2, 0) is 13.0 Å². The van der Waals surface area contributed by atoms with E-state index in [0.717, 1.165) is 9.13 Å². The van der Waals surface area contributed by atoms with E-state index in [0.29, 0.717) is 13.0 Å². The van der Waals surface area contributed by atoms with Gasteiger partial charge in [-0.1, -0.05) is 18.2 Å². The number of nitrogens with zero attached hydrogens (tertiary/aromatic N) is 3. The summed E-state index contributed by atoms with van der Waals surface area (Å²) in [6, 6.07) is 6.81. The molecule has 0 bridgehead atoms. The molecule has 6 heteroatoms. The molecule has 0 atom stereocenters. The third-order valence-electron chi connectivity index (χ3n) is 2.40. The molecule has 1 aromatic heterocycles. The van der Waals surface area contributed by atoms with Crippen molar-refractivity contribution in [1.29, 1.82) is 0 Å². The molecule has 0 saturated heterocycles. The number of nitro groups is 1. The van der Waals surface area contributed by atoms with Gasteiger partial charge in [0.2, 0.25) is 0 Å². The summed E-state index contributed by atoms with van der Waals surface area (Å²) < 4.78 is 2.85. The van der Waals surface area contributed by atoms with Crippen molar-refractivity contribution in [3.05, 3.63) is 55.9 Å². The van der Waals surface area contributed by atoms with Crippen molar-refractivity contribution in [1.82, 2.24) is 9.78 Å². The Hall–Kier alpha value is -1.44. The average molecular weight is 343 g/mol. The molecule has 1 heterocycles. The third kappa shape index (κ3) is 3.02. The molecule has 0 radical (unpaired) electrons. The van der Waals surface area contributed by atoms with E-state index >= 15 is 0 Å². The number of hydrogen-bond donors (Lipinski definition) is 0. The second-order valence-electron chi connectivity index (χ2n) is 3.56. The maximum absolute atomic E-state index is 10.8. The monoisotopic (exact) mass is 343 g/mol. The molecule has 0 spiro atoms. The van der Waals surface area contributed by atoms with Gasteiger partial charge < -0.3 is 0 Å². The quantitative estimate of drug-likeness (QED) is 0.487. The van der Waals surface area contributed by atoms with Gasteiger partial charge >= 0.3 is 0 Å². The fraction of sp³-hybridized carbons (Fsp3) is 0.182. The Morgan fingerprint density at radius 1 is 1.41 bits per heavy atom. The van der Waals surface area contributed by atoms with E-state index in [1.807, 2.05) is 12.3 Å². The molecule has 0 fully saturated rings. The van der Waals surface area contributed by atoms with Crippen molar-refractivity contribution in [2.24, 2.45) is 0 Å². The van der Waals surface area contributed by atoms with Crippen molar-refractivity contribution in [3.8, 4) is 0 Å². The van der Waals surface area contributed by atoms with Gasteiger partial charge in [-0.3, -0.25) is 14.8 Å². The van der Waals surface area contributed by atoms with Gasteiger partial charge in [0, 0.05) is 24.4 Å². The summed E-state index contributed by atoms with van der Waals surface area (Å²) in [6.45, 7) is 0.647. The second-order valence-corrected chi connectivity index (χ2v) is 4.80. The van der Waals surface area contributed by atoms with Crippen molar-refractivity contribution >= 4 is 28.3 Å². The van der Waals surface area contributed by atoms with E-state index in [1.165, 1.54) is 6.07 Å². The van der Waals surface area contributed by atoms with Crippen molar-refractivity contribution < 1.29 is 4.92 Å². The Morgan fingerprint density at radius 2 is 2.18 bits per heavy atom. The lowest BCUT2D eigenvalue weighted by molar-refractivity contribution is -0.385. The van der Waals surface area contributed by atoms with Gasteiger partial charge in [-0.15, -0.1) is 0 Å². The molecule has 0 unspecified atom stereocenters. The zero-order chi connectivity index (χ0) is 12.3. The van der Waals surface area contributed by atoms with E-state index in [-0.39, 0.29) is 10.6 Å². The summed E-state index contributed by atoms with van der Waals surface area (Å²) in [5.74, 6) is 0. The standard InChI is InChI=1S/C11H10IN3O2/c12-10-7-13-14(8-10)6-5-9-3-1-2-4-11(9)15(16)17/h1-4,7-8H,5-6H2. The van der Waals surface area contributed by atoms with E-state index < -0.39 is 0 Å². The number of nitro benzene ring substituents is 1. The van der Waals surface area contributed by atoms with Gasteiger partial charge in [0.15, 0.2) is 0 Å². The summed E-state index contributed by atoms with van der Waals surface area (Å²) in [7, 11) is 0. The summed E-state index contributed by atoms with van der Waals surface area (Å²) in [4.78, 5) is 10.5. The van der Waals surface area contributed by atoms with Crippen LogP contribution >= 0.6 is 22.6 Å². The van der Waals surface area contributed by atoms with Gasteiger partial charge in [0.1, 0.15) is 0 Å². The Balaban J connectivity index is 2.11. The van der Waals surface area contributed by atoms with Gasteiger partial charge in [-0.2, -0.15) is 5.10 Å². The highest BCUT2D eigenvalue weighted by Gasteiger charge is 2.11. The lowest BCUT2D eigenvalue weighted by atomic mass is 10.1. The number of aryl methyl sites for hydroxylation is 2. The number of rotatable bonds is 4. The van der Waals surface area contributed by atoms with Crippen LogP contribution in [-0.4, -0.2) is 14.7 Å². The lowest BCUT2D eigenvalue weighted by Gasteiger charge is -2.03. The van der Waals surface area contributed by atoms with Crippen LogP contribution in [0.15, 0.2) is 36.7 Å². The molecule has 5 nitrogen and oxygen atoms in total. The molecular formula is C11H10IN3O2. The average Bonchev–Trinajstić information content (AvgIpc) is 2.73. The Morgan fingerprint density at radius 3 is 2.82 bits per heavy atom. The Bertz CT molecular complexity index is 539. The molecule has 0 amide bonds. The smallest absolute Gasteiger partial charge is 0.271 e. The van der Waals surface area contributed by atoms with E-state index in [4.69, 9.17) is 0 Å².